The van der Waals surface area contributed by atoms with E-state index in [-0.39, 0.29) is 5.91 Å². The van der Waals surface area contributed by atoms with E-state index in [1.807, 2.05) is 11.0 Å². The Balaban J connectivity index is 1.61. The molecule has 0 unspecified atom stereocenters. The van der Waals surface area contributed by atoms with Gasteiger partial charge in [0.25, 0.3) is 5.91 Å². The molecule has 1 fully saturated rings. The third kappa shape index (κ3) is 4.26. The van der Waals surface area contributed by atoms with Gasteiger partial charge < -0.3 is 14.4 Å². The number of hydrogen-bond donors (Lipinski definition) is 0. The third-order valence-corrected chi connectivity index (χ3v) is 5.52. The molecule has 2 heterocycles. The van der Waals surface area contributed by atoms with Gasteiger partial charge in [0.05, 0.1) is 24.1 Å². The molecule has 0 N–H and O–H groups in total. The van der Waals surface area contributed by atoms with Crippen LogP contribution in [0.25, 0.3) is 0 Å². The fourth-order valence-electron chi connectivity index (χ4n) is 2.91. The summed E-state index contributed by atoms with van der Waals surface area (Å²) in [5, 5.41) is 0. The van der Waals surface area contributed by atoms with Crippen molar-refractivity contribution in [2.24, 2.45) is 0 Å². The van der Waals surface area contributed by atoms with Crippen LogP contribution in [0.3, 0.4) is 0 Å². The molecule has 2 aromatic rings. The van der Waals surface area contributed by atoms with E-state index in [0.717, 1.165) is 24.0 Å². The van der Waals surface area contributed by atoms with Crippen LogP contribution in [0.4, 0.5) is 0 Å². The Kier molecular flexibility index (Phi) is 5.83. The van der Waals surface area contributed by atoms with Gasteiger partial charge in [-0.1, -0.05) is 11.6 Å². The van der Waals surface area contributed by atoms with Crippen molar-refractivity contribution in [3.05, 3.63) is 45.1 Å². The minimum atomic E-state index is -0.00155. The van der Waals surface area contributed by atoms with Crippen molar-refractivity contribution in [3.63, 3.8) is 0 Å². The highest BCUT2D eigenvalue weighted by Crippen LogP contribution is 2.27. The highest BCUT2D eigenvalue weighted by molar-refractivity contribution is 7.16. The first-order valence-electron chi connectivity index (χ1n) is 8.08. The number of hydrogen-bond acceptors (Lipinski definition) is 5. The first-order valence-corrected chi connectivity index (χ1v) is 9.28. The number of thiophene rings is 1. The second-order valence-corrected chi connectivity index (χ2v) is 7.64. The van der Waals surface area contributed by atoms with Gasteiger partial charge in [0.15, 0.2) is 0 Å². The number of benzene rings is 1. The molecule has 1 aliphatic rings. The van der Waals surface area contributed by atoms with Crippen molar-refractivity contribution >= 4 is 28.8 Å². The summed E-state index contributed by atoms with van der Waals surface area (Å²) < 4.78 is 11.4. The van der Waals surface area contributed by atoms with Crippen LogP contribution in [0, 0.1) is 0 Å². The van der Waals surface area contributed by atoms with E-state index >= 15 is 0 Å². The molecule has 1 aromatic carbocycles. The maximum Gasteiger partial charge on any atom is 0.257 e. The van der Waals surface area contributed by atoms with Crippen LogP contribution in [0.1, 0.15) is 15.2 Å². The normalized spacial score (nSPS) is 15.2. The summed E-state index contributed by atoms with van der Waals surface area (Å²) in [6.07, 6.45) is 0. The molecule has 7 heteroatoms. The Morgan fingerprint density at radius 1 is 1.12 bits per heavy atom. The first kappa shape index (κ1) is 18.0. The van der Waals surface area contributed by atoms with Gasteiger partial charge in [0.2, 0.25) is 0 Å². The monoisotopic (exact) mass is 380 g/mol. The number of carbonyl (C=O) groups excluding carboxylic acids is 1. The minimum Gasteiger partial charge on any atom is -0.497 e. The van der Waals surface area contributed by atoms with Gasteiger partial charge in [-0.05, 0) is 24.3 Å². The highest BCUT2D eigenvalue weighted by atomic mass is 35.5. The van der Waals surface area contributed by atoms with Crippen LogP contribution in [0.15, 0.2) is 30.3 Å². The lowest BCUT2D eigenvalue weighted by molar-refractivity contribution is 0.0626. The highest BCUT2D eigenvalue weighted by Gasteiger charge is 2.24. The lowest BCUT2D eigenvalue weighted by atomic mass is 10.1. The molecular weight excluding hydrogens is 360 g/mol. The third-order valence-electron chi connectivity index (χ3n) is 4.31. The van der Waals surface area contributed by atoms with E-state index in [1.54, 1.807) is 43.8 Å². The number of piperazine rings is 1. The molecular formula is C18H21ClN2O3S. The van der Waals surface area contributed by atoms with Crippen LogP contribution in [-0.2, 0) is 6.54 Å². The molecule has 1 aliphatic heterocycles. The SMILES string of the molecule is COc1ccc(C(=O)N2CCN(Cc3ccc(Cl)s3)CC2)c(OC)c1. The zero-order valence-corrected chi connectivity index (χ0v) is 15.9. The molecule has 0 aliphatic carbocycles. The number of ether oxygens (including phenoxy) is 2. The molecule has 0 spiro atoms. The summed E-state index contributed by atoms with van der Waals surface area (Å²) in [5.74, 6) is 1.21. The standard InChI is InChI=1S/C18H21ClN2O3S/c1-23-13-3-5-15(16(11-13)24-2)18(22)21-9-7-20(8-10-21)12-14-4-6-17(19)25-14/h3-6,11H,7-10,12H2,1-2H3. The van der Waals surface area contributed by atoms with Crippen LogP contribution in [-0.4, -0.2) is 56.1 Å². The fraction of sp³-hybridized carbons (Fsp3) is 0.389. The van der Waals surface area contributed by atoms with Crippen molar-refractivity contribution in [2.75, 3.05) is 40.4 Å². The van der Waals surface area contributed by atoms with Gasteiger partial charge in [-0.2, -0.15) is 0 Å². The summed E-state index contributed by atoms with van der Waals surface area (Å²) in [5.41, 5.74) is 0.571. The molecule has 0 bridgehead atoms. The van der Waals surface area contributed by atoms with Crippen molar-refractivity contribution in [2.45, 2.75) is 6.54 Å². The van der Waals surface area contributed by atoms with Gasteiger partial charge in [0.1, 0.15) is 11.5 Å². The van der Waals surface area contributed by atoms with Crippen molar-refractivity contribution in [1.82, 2.24) is 9.80 Å². The first-order chi connectivity index (χ1) is 12.1. The van der Waals surface area contributed by atoms with Crippen molar-refractivity contribution in [3.8, 4) is 11.5 Å². The predicted molar refractivity (Wildman–Crippen MR) is 100 cm³/mol. The number of nitrogens with zero attached hydrogens (tertiary/aromatic N) is 2. The molecule has 0 saturated carbocycles. The van der Waals surface area contributed by atoms with E-state index in [1.165, 1.54) is 4.88 Å². The number of rotatable bonds is 5. The van der Waals surface area contributed by atoms with E-state index in [9.17, 15) is 4.79 Å². The Labute approximate surface area is 156 Å². The second kappa shape index (κ2) is 8.08. The average Bonchev–Trinajstić information content (AvgIpc) is 3.06. The van der Waals surface area contributed by atoms with Gasteiger partial charge in [-0.3, -0.25) is 9.69 Å². The molecule has 0 atom stereocenters. The zero-order valence-electron chi connectivity index (χ0n) is 14.3. The minimum absolute atomic E-state index is 0.00155. The van der Waals surface area contributed by atoms with Crippen LogP contribution >= 0.6 is 22.9 Å². The molecule has 0 radical (unpaired) electrons. The van der Waals surface area contributed by atoms with E-state index < -0.39 is 0 Å². The average molecular weight is 381 g/mol. The molecule has 5 nitrogen and oxygen atoms in total. The lowest BCUT2D eigenvalue weighted by Gasteiger charge is -2.34. The van der Waals surface area contributed by atoms with Crippen LogP contribution in [0.2, 0.25) is 4.34 Å². The van der Waals surface area contributed by atoms with E-state index in [0.29, 0.717) is 30.2 Å². The Bertz CT molecular complexity index is 742. The molecule has 25 heavy (non-hydrogen) atoms. The second-order valence-electron chi connectivity index (χ2n) is 5.84. The molecule has 134 valence electrons. The molecule has 1 amide bonds. The van der Waals surface area contributed by atoms with Crippen LogP contribution in [0.5, 0.6) is 11.5 Å². The summed E-state index contributed by atoms with van der Waals surface area (Å²) >= 11 is 7.60. The Hall–Kier alpha value is -1.76. The lowest BCUT2D eigenvalue weighted by Crippen LogP contribution is -2.48. The van der Waals surface area contributed by atoms with E-state index in [2.05, 4.69) is 11.0 Å². The van der Waals surface area contributed by atoms with Crippen molar-refractivity contribution < 1.29 is 14.3 Å². The quantitative estimate of drug-likeness (QED) is 0.797. The van der Waals surface area contributed by atoms with E-state index in [4.69, 9.17) is 21.1 Å². The fourth-order valence-corrected chi connectivity index (χ4v) is 4.04. The Morgan fingerprint density at radius 2 is 1.88 bits per heavy atom. The summed E-state index contributed by atoms with van der Waals surface area (Å²) in [6.45, 7) is 3.98. The number of amides is 1. The summed E-state index contributed by atoms with van der Waals surface area (Å²) in [4.78, 5) is 18.3. The van der Waals surface area contributed by atoms with Gasteiger partial charge in [-0.15, -0.1) is 11.3 Å². The van der Waals surface area contributed by atoms with Gasteiger partial charge in [0, 0.05) is 43.7 Å². The Morgan fingerprint density at radius 3 is 2.48 bits per heavy atom. The topological polar surface area (TPSA) is 42.0 Å². The molecule has 1 saturated heterocycles. The van der Waals surface area contributed by atoms with Gasteiger partial charge >= 0.3 is 0 Å². The summed E-state index contributed by atoms with van der Waals surface area (Å²) in [6, 6.07) is 9.28. The predicted octanol–water partition coefficient (Wildman–Crippen LogP) is 3.38. The maximum absolute atomic E-state index is 12.8. The van der Waals surface area contributed by atoms with Crippen molar-refractivity contribution in [1.29, 1.82) is 0 Å². The largest absolute Gasteiger partial charge is 0.497 e. The number of carbonyl (C=O) groups is 1. The maximum atomic E-state index is 12.8. The number of methoxy groups -OCH3 is 2. The zero-order chi connectivity index (χ0) is 17.8. The summed E-state index contributed by atoms with van der Waals surface area (Å²) in [7, 11) is 3.16. The number of halogens is 1. The van der Waals surface area contributed by atoms with Gasteiger partial charge in [-0.25, -0.2) is 0 Å². The molecule has 3 rings (SSSR count). The van der Waals surface area contributed by atoms with Crippen LogP contribution < -0.4 is 9.47 Å². The smallest absolute Gasteiger partial charge is 0.257 e. The molecule has 1 aromatic heterocycles.